The minimum Gasteiger partial charge on any atom is -0.434 e. The number of aliphatic hydroxyl groups excluding tert-OH is 1. The largest absolute Gasteiger partial charge is 0.508 e. The van der Waals surface area contributed by atoms with Gasteiger partial charge in [0.05, 0.1) is 19.8 Å². The fourth-order valence-corrected chi connectivity index (χ4v) is 6.13. The summed E-state index contributed by atoms with van der Waals surface area (Å²) >= 11 is 0. The first-order valence-electron chi connectivity index (χ1n) is 20.5. The summed E-state index contributed by atoms with van der Waals surface area (Å²) in [5, 5.41) is 9.54. The van der Waals surface area contributed by atoms with E-state index in [1.165, 1.54) is 103 Å². The Bertz CT molecular complexity index is 638. The Balaban J connectivity index is 4.42. The standard InChI is InChI=1S/C40H79NO7/c1-5-9-13-17-19-23-29-37(27-21-15-11-7-3)47-39(43)45-35-25-31-41(33-34-42)32-26-36-46-40(44)48-38(28-22-16-12-8-4)30-24-20-18-14-10-6-2/h37-38,42H,5-36H2,1-4H3. The van der Waals surface area contributed by atoms with Crippen molar-refractivity contribution < 1.29 is 33.6 Å². The van der Waals surface area contributed by atoms with Crippen LogP contribution < -0.4 is 0 Å². The Labute approximate surface area is 296 Å². The number of hydrogen-bond donors (Lipinski definition) is 1. The van der Waals surface area contributed by atoms with Gasteiger partial charge in [-0.05, 0) is 64.2 Å². The average molecular weight is 686 g/mol. The summed E-state index contributed by atoms with van der Waals surface area (Å²) in [5.74, 6) is 0. The van der Waals surface area contributed by atoms with Crippen LogP contribution in [0.25, 0.3) is 0 Å². The summed E-state index contributed by atoms with van der Waals surface area (Å²) in [6.07, 6.45) is 27.7. The predicted molar refractivity (Wildman–Crippen MR) is 199 cm³/mol. The molecule has 0 heterocycles. The number of ether oxygens (including phenoxy) is 4. The monoisotopic (exact) mass is 686 g/mol. The molecule has 0 spiro atoms. The van der Waals surface area contributed by atoms with Crippen molar-refractivity contribution in [2.24, 2.45) is 0 Å². The first kappa shape index (κ1) is 46.5. The minimum atomic E-state index is -0.567. The first-order chi connectivity index (χ1) is 23.5. The van der Waals surface area contributed by atoms with Gasteiger partial charge >= 0.3 is 12.3 Å². The van der Waals surface area contributed by atoms with Crippen molar-refractivity contribution in [1.29, 1.82) is 0 Å². The maximum absolute atomic E-state index is 12.5. The van der Waals surface area contributed by atoms with E-state index in [1.807, 2.05) is 0 Å². The van der Waals surface area contributed by atoms with Crippen LogP contribution >= 0.6 is 0 Å². The zero-order valence-corrected chi connectivity index (χ0v) is 32.1. The van der Waals surface area contributed by atoms with Crippen LogP contribution in [0.4, 0.5) is 9.59 Å². The molecule has 0 aromatic heterocycles. The van der Waals surface area contributed by atoms with Gasteiger partial charge < -0.3 is 29.0 Å². The van der Waals surface area contributed by atoms with Gasteiger partial charge in [0, 0.05) is 19.6 Å². The van der Waals surface area contributed by atoms with Crippen LogP contribution in [0.1, 0.15) is 195 Å². The molecule has 0 rings (SSSR count). The van der Waals surface area contributed by atoms with Crippen LogP contribution in [0.5, 0.6) is 0 Å². The average Bonchev–Trinajstić information content (AvgIpc) is 3.08. The summed E-state index contributed by atoms with van der Waals surface area (Å²) in [6.45, 7) is 11.3. The maximum atomic E-state index is 12.5. The van der Waals surface area contributed by atoms with Crippen molar-refractivity contribution in [2.75, 3.05) is 39.5 Å². The highest BCUT2D eigenvalue weighted by atomic mass is 16.7. The van der Waals surface area contributed by atoms with Gasteiger partial charge in [-0.1, -0.05) is 130 Å². The van der Waals surface area contributed by atoms with Gasteiger partial charge in [0.25, 0.3) is 0 Å². The molecule has 0 saturated carbocycles. The third-order valence-corrected chi connectivity index (χ3v) is 9.14. The lowest BCUT2D eigenvalue weighted by atomic mass is 10.0. The van der Waals surface area contributed by atoms with Gasteiger partial charge in [0.15, 0.2) is 0 Å². The maximum Gasteiger partial charge on any atom is 0.508 e. The number of carbonyl (C=O) groups is 2. The van der Waals surface area contributed by atoms with E-state index in [9.17, 15) is 14.7 Å². The summed E-state index contributed by atoms with van der Waals surface area (Å²) in [4.78, 5) is 27.1. The number of unbranched alkanes of at least 4 members (excludes halogenated alkanes) is 16. The molecule has 0 aliphatic rings. The zero-order valence-electron chi connectivity index (χ0n) is 32.1. The molecule has 48 heavy (non-hydrogen) atoms. The Morgan fingerprint density at radius 1 is 0.458 bits per heavy atom. The van der Waals surface area contributed by atoms with Crippen LogP contribution in [0, 0.1) is 0 Å². The van der Waals surface area contributed by atoms with Gasteiger partial charge in [-0.15, -0.1) is 0 Å². The summed E-state index contributed by atoms with van der Waals surface area (Å²) in [7, 11) is 0. The molecule has 0 aliphatic carbocycles. The first-order valence-corrected chi connectivity index (χ1v) is 20.5. The zero-order chi connectivity index (χ0) is 35.3. The van der Waals surface area contributed by atoms with Crippen LogP contribution in [0.2, 0.25) is 0 Å². The predicted octanol–water partition coefficient (Wildman–Crippen LogP) is 11.5. The fraction of sp³-hybridized carbons (Fsp3) is 0.950. The van der Waals surface area contributed by atoms with Crippen LogP contribution in [0.15, 0.2) is 0 Å². The molecular formula is C40H79NO7. The second-order valence-corrected chi connectivity index (χ2v) is 13.8. The van der Waals surface area contributed by atoms with Gasteiger partial charge in [-0.3, -0.25) is 0 Å². The highest BCUT2D eigenvalue weighted by Gasteiger charge is 2.17. The lowest BCUT2D eigenvalue weighted by molar-refractivity contribution is 0.0130. The number of nitrogens with zero attached hydrogens (tertiary/aromatic N) is 1. The smallest absolute Gasteiger partial charge is 0.434 e. The van der Waals surface area contributed by atoms with E-state index in [2.05, 4.69) is 32.6 Å². The third kappa shape index (κ3) is 31.7. The summed E-state index contributed by atoms with van der Waals surface area (Å²) < 4.78 is 22.4. The lowest BCUT2D eigenvalue weighted by Gasteiger charge is -2.22. The molecule has 0 fully saturated rings. The van der Waals surface area contributed by atoms with Crippen molar-refractivity contribution in [3.05, 3.63) is 0 Å². The molecule has 0 amide bonds. The summed E-state index contributed by atoms with van der Waals surface area (Å²) in [5.41, 5.74) is 0. The second-order valence-electron chi connectivity index (χ2n) is 13.8. The Morgan fingerprint density at radius 2 is 0.771 bits per heavy atom. The van der Waals surface area contributed by atoms with E-state index >= 15 is 0 Å². The molecule has 286 valence electrons. The Kier molecular flexibility index (Phi) is 35.6. The lowest BCUT2D eigenvalue weighted by Crippen LogP contribution is -2.31. The molecule has 8 nitrogen and oxygen atoms in total. The molecule has 8 heteroatoms. The van der Waals surface area contributed by atoms with Crippen molar-refractivity contribution in [2.45, 2.75) is 207 Å². The molecule has 0 aliphatic heterocycles. The van der Waals surface area contributed by atoms with Crippen molar-refractivity contribution in [3.8, 4) is 0 Å². The third-order valence-electron chi connectivity index (χ3n) is 9.14. The highest BCUT2D eigenvalue weighted by Crippen LogP contribution is 2.18. The number of carbonyl (C=O) groups excluding carboxylic acids is 2. The van der Waals surface area contributed by atoms with Gasteiger partial charge in [0.2, 0.25) is 0 Å². The molecular weight excluding hydrogens is 606 g/mol. The van der Waals surface area contributed by atoms with E-state index < -0.39 is 12.3 Å². The van der Waals surface area contributed by atoms with E-state index in [4.69, 9.17) is 18.9 Å². The number of hydrogen-bond acceptors (Lipinski definition) is 8. The van der Waals surface area contributed by atoms with Crippen molar-refractivity contribution >= 4 is 12.3 Å². The second kappa shape index (κ2) is 36.7. The minimum absolute atomic E-state index is 0.0438. The van der Waals surface area contributed by atoms with Crippen molar-refractivity contribution in [3.63, 3.8) is 0 Å². The Morgan fingerprint density at radius 3 is 1.10 bits per heavy atom. The number of rotatable bonds is 36. The molecule has 0 saturated heterocycles. The highest BCUT2D eigenvalue weighted by molar-refractivity contribution is 5.60. The van der Waals surface area contributed by atoms with E-state index in [1.54, 1.807) is 0 Å². The normalized spacial score (nSPS) is 12.6. The van der Waals surface area contributed by atoms with Crippen LogP contribution in [0.3, 0.4) is 0 Å². The van der Waals surface area contributed by atoms with Crippen LogP contribution in [-0.4, -0.2) is 74.0 Å². The van der Waals surface area contributed by atoms with Crippen molar-refractivity contribution in [1.82, 2.24) is 4.90 Å². The topological polar surface area (TPSA) is 94.5 Å². The number of aliphatic hydroxyl groups is 1. The fourth-order valence-electron chi connectivity index (χ4n) is 6.13. The Hall–Kier alpha value is -1.54. The van der Waals surface area contributed by atoms with Gasteiger partial charge in [-0.25, -0.2) is 9.59 Å². The molecule has 0 radical (unpaired) electrons. The van der Waals surface area contributed by atoms with Crippen LogP contribution in [-0.2, 0) is 18.9 Å². The molecule has 2 atom stereocenters. The van der Waals surface area contributed by atoms with E-state index in [0.717, 1.165) is 51.4 Å². The quantitative estimate of drug-likeness (QED) is 0.0514. The summed E-state index contributed by atoms with van der Waals surface area (Å²) in [6, 6.07) is 0. The SMILES string of the molecule is CCCCCCCCC(CCCCCC)OC(=O)OCCCN(CCO)CCCOC(=O)OC(CCCCCC)CCCCCCCC. The van der Waals surface area contributed by atoms with Gasteiger partial charge in [-0.2, -0.15) is 0 Å². The molecule has 0 aromatic carbocycles. The molecule has 2 unspecified atom stereocenters. The van der Waals surface area contributed by atoms with Gasteiger partial charge in [0.1, 0.15) is 12.2 Å². The molecule has 0 bridgehead atoms. The molecule has 0 aromatic rings. The molecule has 1 N–H and O–H groups in total. The van der Waals surface area contributed by atoms with E-state index in [0.29, 0.717) is 32.5 Å². The van der Waals surface area contributed by atoms with E-state index in [-0.39, 0.29) is 32.0 Å².